The Balaban J connectivity index is 0.00000312. The Morgan fingerprint density at radius 3 is 2.56 bits per heavy atom. The Kier molecular flexibility index (Phi) is 8.55. The van der Waals surface area contributed by atoms with E-state index in [1.54, 1.807) is 19.2 Å². The summed E-state index contributed by atoms with van der Waals surface area (Å²) in [6.45, 7) is 2.65. The summed E-state index contributed by atoms with van der Waals surface area (Å²) in [6, 6.07) is 12.0. The highest BCUT2D eigenvalue weighted by Gasteiger charge is 2.16. The summed E-state index contributed by atoms with van der Waals surface area (Å²) in [5.74, 6) is 0.767. The predicted octanol–water partition coefficient (Wildman–Crippen LogP) is 3.49. The van der Waals surface area contributed by atoms with Gasteiger partial charge in [0.2, 0.25) is 5.91 Å². The Hall–Kier alpha value is -1.95. The average Bonchev–Trinajstić information content (AvgIpc) is 2.61. The number of methoxy groups -OCH3 is 1. The lowest BCUT2D eigenvalue weighted by Gasteiger charge is -2.15. The van der Waals surface area contributed by atoms with E-state index in [9.17, 15) is 4.79 Å². The van der Waals surface area contributed by atoms with Gasteiger partial charge < -0.3 is 20.5 Å². The van der Waals surface area contributed by atoms with Gasteiger partial charge >= 0.3 is 0 Å². The zero-order valence-electron chi connectivity index (χ0n) is 14.1. The van der Waals surface area contributed by atoms with Gasteiger partial charge in [-0.15, -0.1) is 12.4 Å². The molecule has 2 aromatic rings. The number of ether oxygens (including phenoxy) is 2. The Morgan fingerprint density at radius 1 is 1.28 bits per heavy atom. The van der Waals surface area contributed by atoms with Crippen LogP contribution >= 0.6 is 24.0 Å². The molecule has 2 rings (SSSR count). The van der Waals surface area contributed by atoms with Gasteiger partial charge in [-0.3, -0.25) is 4.79 Å². The molecule has 0 aromatic heterocycles. The number of amides is 1. The molecular formula is C18H22Cl2N2O3. The average molecular weight is 385 g/mol. The van der Waals surface area contributed by atoms with Crippen LogP contribution in [0.4, 0.5) is 0 Å². The SMILES string of the molecule is CCOc1c(Cl)cc(CNC(=O)C(N)c2ccccc2)cc1OC.Cl. The van der Waals surface area contributed by atoms with Crippen molar-refractivity contribution in [1.82, 2.24) is 5.32 Å². The summed E-state index contributed by atoms with van der Waals surface area (Å²) in [6.07, 6.45) is 0. The van der Waals surface area contributed by atoms with Gasteiger partial charge in [0.25, 0.3) is 0 Å². The quantitative estimate of drug-likeness (QED) is 0.765. The van der Waals surface area contributed by atoms with Gasteiger partial charge in [-0.25, -0.2) is 0 Å². The summed E-state index contributed by atoms with van der Waals surface area (Å²) in [4.78, 5) is 12.2. The van der Waals surface area contributed by atoms with Crippen LogP contribution in [0.2, 0.25) is 5.02 Å². The predicted molar refractivity (Wildman–Crippen MR) is 102 cm³/mol. The molecule has 0 heterocycles. The maximum atomic E-state index is 12.2. The summed E-state index contributed by atoms with van der Waals surface area (Å²) < 4.78 is 10.8. The highest BCUT2D eigenvalue weighted by atomic mass is 35.5. The molecule has 0 spiro atoms. The van der Waals surface area contributed by atoms with E-state index in [1.165, 1.54) is 0 Å². The van der Waals surface area contributed by atoms with Gasteiger partial charge in [-0.05, 0) is 30.2 Å². The van der Waals surface area contributed by atoms with Crippen LogP contribution in [0.15, 0.2) is 42.5 Å². The molecule has 0 fully saturated rings. The number of halogens is 2. The molecule has 0 aliphatic heterocycles. The van der Waals surface area contributed by atoms with Crippen LogP contribution in [0.3, 0.4) is 0 Å². The molecule has 25 heavy (non-hydrogen) atoms. The number of hydrogen-bond donors (Lipinski definition) is 2. The number of nitrogens with one attached hydrogen (secondary N) is 1. The van der Waals surface area contributed by atoms with Gasteiger partial charge in [-0.1, -0.05) is 41.9 Å². The fourth-order valence-electron chi connectivity index (χ4n) is 2.27. The van der Waals surface area contributed by atoms with Crippen LogP contribution < -0.4 is 20.5 Å². The highest BCUT2D eigenvalue weighted by molar-refractivity contribution is 6.32. The van der Waals surface area contributed by atoms with Crippen LogP contribution in [0, 0.1) is 0 Å². The summed E-state index contributed by atoms with van der Waals surface area (Å²) >= 11 is 6.22. The lowest BCUT2D eigenvalue weighted by atomic mass is 10.1. The second-order valence-electron chi connectivity index (χ2n) is 5.15. The fourth-order valence-corrected chi connectivity index (χ4v) is 2.56. The monoisotopic (exact) mass is 384 g/mol. The molecule has 0 bridgehead atoms. The molecule has 2 aromatic carbocycles. The molecule has 3 N–H and O–H groups in total. The Labute approximate surface area is 158 Å². The van der Waals surface area contributed by atoms with Crippen LogP contribution in [0.25, 0.3) is 0 Å². The maximum absolute atomic E-state index is 12.2. The topological polar surface area (TPSA) is 73.6 Å². The van der Waals surface area contributed by atoms with E-state index in [4.69, 9.17) is 26.8 Å². The number of carbonyl (C=O) groups is 1. The van der Waals surface area contributed by atoms with E-state index >= 15 is 0 Å². The van der Waals surface area contributed by atoms with Crippen molar-refractivity contribution in [2.75, 3.05) is 13.7 Å². The van der Waals surface area contributed by atoms with Crippen LogP contribution in [0.5, 0.6) is 11.5 Å². The van der Waals surface area contributed by atoms with Crippen LogP contribution in [0.1, 0.15) is 24.1 Å². The molecule has 0 radical (unpaired) electrons. The molecule has 5 nitrogen and oxygen atoms in total. The van der Waals surface area contributed by atoms with Crippen LogP contribution in [-0.2, 0) is 11.3 Å². The smallest absolute Gasteiger partial charge is 0.241 e. The van der Waals surface area contributed by atoms with Crippen molar-refractivity contribution < 1.29 is 14.3 Å². The van der Waals surface area contributed by atoms with Crippen molar-refractivity contribution >= 4 is 29.9 Å². The first-order chi connectivity index (χ1) is 11.6. The fraction of sp³-hybridized carbons (Fsp3) is 0.278. The highest BCUT2D eigenvalue weighted by Crippen LogP contribution is 2.36. The number of carbonyl (C=O) groups excluding carboxylic acids is 1. The first kappa shape index (κ1) is 21.1. The van der Waals surface area contributed by atoms with E-state index in [1.807, 2.05) is 37.3 Å². The van der Waals surface area contributed by atoms with Crippen molar-refractivity contribution in [2.45, 2.75) is 19.5 Å². The second kappa shape index (κ2) is 10.1. The van der Waals surface area contributed by atoms with Crippen molar-refractivity contribution in [3.05, 3.63) is 58.6 Å². The molecule has 0 aliphatic rings. The van der Waals surface area contributed by atoms with Crippen molar-refractivity contribution in [1.29, 1.82) is 0 Å². The van der Waals surface area contributed by atoms with Gasteiger partial charge in [0, 0.05) is 6.54 Å². The number of benzene rings is 2. The lowest BCUT2D eigenvalue weighted by molar-refractivity contribution is -0.122. The van der Waals surface area contributed by atoms with E-state index < -0.39 is 6.04 Å². The minimum atomic E-state index is -0.716. The minimum Gasteiger partial charge on any atom is -0.493 e. The third-order valence-corrected chi connectivity index (χ3v) is 3.77. The van der Waals surface area contributed by atoms with Gasteiger partial charge in [0.1, 0.15) is 6.04 Å². The number of nitrogens with two attached hydrogens (primary N) is 1. The van der Waals surface area contributed by atoms with Crippen molar-refractivity contribution in [2.24, 2.45) is 5.73 Å². The maximum Gasteiger partial charge on any atom is 0.241 e. The van der Waals surface area contributed by atoms with Gasteiger partial charge in [0.15, 0.2) is 11.5 Å². The van der Waals surface area contributed by atoms with Crippen LogP contribution in [-0.4, -0.2) is 19.6 Å². The minimum absolute atomic E-state index is 0. The molecule has 136 valence electrons. The zero-order chi connectivity index (χ0) is 17.5. The summed E-state index contributed by atoms with van der Waals surface area (Å²) in [5, 5.41) is 3.25. The molecular weight excluding hydrogens is 363 g/mol. The van der Waals surface area contributed by atoms with Gasteiger partial charge in [-0.2, -0.15) is 0 Å². The van der Waals surface area contributed by atoms with E-state index in [0.717, 1.165) is 11.1 Å². The number of hydrogen-bond acceptors (Lipinski definition) is 4. The first-order valence-electron chi connectivity index (χ1n) is 7.64. The Morgan fingerprint density at radius 2 is 1.96 bits per heavy atom. The summed E-state index contributed by atoms with van der Waals surface area (Å²) in [7, 11) is 1.54. The number of rotatable bonds is 7. The molecule has 1 amide bonds. The molecule has 7 heteroatoms. The molecule has 0 saturated heterocycles. The molecule has 1 unspecified atom stereocenters. The van der Waals surface area contributed by atoms with Crippen molar-refractivity contribution in [3.63, 3.8) is 0 Å². The first-order valence-corrected chi connectivity index (χ1v) is 8.02. The lowest BCUT2D eigenvalue weighted by Crippen LogP contribution is -2.33. The molecule has 1 atom stereocenters. The van der Waals surface area contributed by atoms with E-state index in [2.05, 4.69) is 5.32 Å². The van der Waals surface area contributed by atoms with Crippen molar-refractivity contribution in [3.8, 4) is 11.5 Å². The van der Waals surface area contributed by atoms with E-state index in [-0.39, 0.29) is 18.3 Å². The third kappa shape index (κ3) is 5.53. The second-order valence-corrected chi connectivity index (χ2v) is 5.56. The molecule has 0 saturated carbocycles. The third-order valence-electron chi connectivity index (χ3n) is 3.49. The standard InChI is InChI=1S/C18H21ClN2O3.ClH/c1-3-24-17-14(19)9-12(10-15(17)23-2)11-21-18(22)16(20)13-7-5-4-6-8-13;/h4-10,16H,3,11,20H2,1-2H3,(H,21,22);1H. The largest absolute Gasteiger partial charge is 0.493 e. The zero-order valence-corrected chi connectivity index (χ0v) is 15.7. The van der Waals surface area contributed by atoms with Gasteiger partial charge in [0.05, 0.1) is 18.7 Å². The normalized spacial score (nSPS) is 11.2. The Bertz CT molecular complexity index is 696. The molecule has 0 aliphatic carbocycles. The summed E-state index contributed by atoms with van der Waals surface area (Å²) in [5.41, 5.74) is 7.53. The van der Waals surface area contributed by atoms with E-state index in [0.29, 0.717) is 29.7 Å².